The summed E-state index contributed by atoms with van der Waals surface area (Å²) in [4.78, 5) is 24.9. The zero-order chi connectivity index (χ0) is 20.8. The van der Waals surface area contributed by atoms with Crippen molar-refractivity contribution in [1.82, 2.24) is 0 Å². The molecule has 4 heteroatoms. The van der Waals surface area contributed by atoms with Crippen LogP contribution in [0.2, 0.25) is 0 Å². The first kappa shape index (κ1) is 25.9. The molecular weight excluding hydrogens is 340 g/mol. The van der Waals surface area contributed by atoms with Crippen molar-refractivity contribution in [2.75, 3.05) is 0 Å². The number of hydrogen-bond donors (Lipinski definition) is 0. The Morgan fingerprint density at radius 3 is 1.56 bits per heavy atom. The second kappa shape index (κ2) is 14.9. The van der Waals surface area contributed by atoms with Gasteiger partial charge in [0.25, 0.3) is 0 Å². The Hall–Kier alpha value is -1.06. The standard InChI is InChI=1S/C23H44O4/c1-8-12-14-19(10-3)22(24)26-18(7)16-21(17(5)6)27-23(25)20(11-4)15-13-9-2/h17-21H,8-16H2,1-7H3/t18-,19+,20-,21-/m0/s1. The van der Waals surface area contributed by atoms with Gasteiger partial charge >= 0.3 is 11.9 Å². The molecule has 0 unspecified atom stereocenters. The third kappa shape index (κ3) is 10.8. The summed E-state index contributed by atoms with van der Waals surface area (Å²) in [6, 6.07) is 0. The first-order valence-electron chi connectivity index (χ1n) is 11.2. The van der Waals surface area contributed by atoms with E-state index in [1.54, 1.807) is 0 Å². The van der Waals surface area contributed by atoms with Crippen LogP contribution in [0, 0.1) is 17.8 Å². The maximum atomic E-state index is 12.5. The van der Waals surface area contributed by atoms with Crippen molar-refractivity contribution in [2.24, 2.45) is 17.8 Å². The van der Waals surface area contributed by atoms with Crippen molar-refractivity contribution in [3.05, 3.63) is 0 Å². The summed E-state index contributed by atoms with van der Waals surface area (Å²) in [5.41, 5.74) is 0. The van der Waals surface area contributed by atoms with Gasteiger partial charge in [-0.2, -0.15) is 0 Å². The Labute approximate surface area is 167 Å². The van der Waals surface area contributed by atoms with E-state index in [0.29, 0.717) is 6.42 Å². The van der Waals surface area contributed by atoms with Crippen LogP contribution in [0.1, 0.15) is 106 Å². The van der Waals surface area contributed by atoms with E-state index in [1.165, 1.54) is 0 Å². The van der Waals surface area contributed by atoms with Crippen LogP contribution in [0.3, 0.4) is 0 Å². The highest BCUT2D eigenvalue weighted by Gasteiger charge is 2.27. The molecule has 0 radical (unpaired) electrons. The molecule has 0 N–H and O–H groups in total. The summed E-state index contributed by atoms with van der Waals surface area (Å²) < 4.78 is 11.5. The monoisotopic (exact) mass is 384 g/mol. The van der Waals surface area contributed by atoms with Gasteiger partial charge in [0.05, 0.1) is 11.8 Å². The van der Waals surface area contributed by atoms with Gasteiger partial charge in [0.2, 0.25) is 0 Å². The summed E-state index contributed by atoms with van der Waals surface area (Å²) in [5, 5.41) is 0. The zero-order valence-electron chi connectivity index (χ0n) is 18.9. The molecule has 0 fully saturated rings. The summed E-state index contributed by atoms with van der Waals surface area (Å²) >= 11 is 0. The Morgan fingerprint density at radius 1 is 0.741 bits per heavy atom. The summed E-state index contributed by atoms with van der Waals surface area (Å²) in [7, 11) is 0. The highest BCUT2D eigenvalue weighted by atomic mass is 16.6. The molecule has 0 heterocycles. The average molecular weight is 385 g/mol. The molecule has 0 bridgehead atoms. The lowest BCUT2D eigenvalue weighted by atomic mass is 9.97. The van der Waals surface area contributed by atoms with Crippen LogP contribution in [0.4, 0.5) is 0 Å². The van der Waals surface area contributed by atoms with E-state index in [0.717, 1.165) is 51.4 Å². The fraction of sp³-hybridized carbons (Fsp3) is 0.913. The molecule has 27 heavy (non-hydrogen) atoms. The van der Waals surface area contributed by atoms with E-state index in [9.17, 15) is 9.59 Å². The van der Waals surface area contributed by atoms with Crippen LogP contribution in [0.25, 0.3) is 0 Å². The second-order valence-electron chi connectivity index (χ2n) is 8.20. The van der Waals surface area contributed by atoms with E-state index < -0.39 is 0 Å². The molecule has 0 saturated heterocycles. The van der Waals surface area contributed by atoms with E-state index in [-0.39, 0.29) is 41.9 Å². The molecule has 160 valence electrons. The van der Waals surface area contributed by atoms with Gasteiger partial charge in [-0.25, -0.2) is 0 Å². The van der Waals surface area contributed by atoms with Crippen LogP contribution >= 0.6 is 0 Å². The Morgan fingerprint density at radius 2 is 1.19 bits per heavy atom. The minimum atomic E-state index is -0.246. The van der Waals surface area contributed by atoms with Crippen molar-refractivity contribution in [3.63, 3.8) is 0 Å². The summed E-state index contributed by atoms with van der Waals surface area (Å²) in [5.74, 6) is -0.0615. The van der Waals surface area contributed by atoms with Crippen molar-refractivity contribution in [1.29, 1.82) is 0 Å². The van der Waals surface area contributed by atoms with Crippen LogP contribution in [0.5, 0.6) is 0 Å². The van der Waals surface area contributed by atoms with Gasteiger partial charge < -0.3 is 9.47 Å². The van der Waals surface area contributed by atoms with Crippen LogP contribution in [-0.4, -0.2) is 24.1 Å². The molecule has 0 aromatic rings. The summed E-state index contributed by atoms with van der Waals surface area (Å²) in [6.07, 6.45) is 7.75. The van der Waals surface area contributed by atoms with Gasteiger partial charge in [-0.15, -0.1) is 0 Å². The predicted molar refractivity (Wildman–Crippen MR) is 112 cm³/mol. The van der Waals surface area contributed by atoms with Crippen molar-refractivity contribution in [2.45, 2.75) is 118 Å². The molecule has 0 aliphatic heterocycles. The lowest BCUT2D eigenvalue weighted by Gasteiger charge is -2.27. The zero-order valence-corrected chi connectivity index (χ0v) is 18.9. The van der Waals surface area contributed by atoms with Crippen molar-refractivity contribution < 1.29 is 19.1 Å². The number of ether oxygens (including phenoxy) is 2. The molecule has 0 aliphatic rings. The van der Waals surface area contributed by atoms with Crippen LogP contribution in [0.15, 0.2) is 0 Å². The molecule has 0 aromatic heterocycles. The average Bonchev–Trinajstić information content (AvgIpc) is 2.62. The number of esters is 2. The minimum Gasteiger partial charge on any atom is -0.462 e. The van der Waals surface area contributed by atoms with Crippen molar-refractivity contribution in [3.8, 4) is 0 Å². The van der Waals surface area contributed by atoms with Crippen LogP contribution in [-0.2, 0) is 19.1 Å². The van der Waals surface area contributed by atoms with Gasteiger partial charge in [-0.1, -0.05) is 67.2 Å². The van der Waals surface area contributed by atoms with Gasteiger partial charge in [0, 0.05) is 6.42 Å². The van der Waals surface area contributed by atoms with Gasteiger partial charge in [-0.05, 0) is 38.5 Å². The maximum Gasteiger partial charge on any atom is 0.309 e. The molecular formula is C23H44O4. The van der Waals surface area contributed by atoms with Gasteiger partial charge in [0.1, 0.15) is 12.2 Å². The van der Waals surface area contributed by atoms with Crippen molar-refractivity contribution >= 4 is 11.9 Å². The Bertz CT molecular complexity index is 405. The van der Waals surface area contributed by atoms with E-state index in [1.807, 2.05) is 20.8 Å². The highest BCUT2D eigenvalue weighted by molar-refractivity contribution is 5.73. The molecule has 4 atom stereocenters. The van der Waals surface area contributed by atoms with Gasteiger partial charge in [0.15, 0.2) is 0 Å². The molecule has 0 aliphatic carbocycles. The lowest BCUT2D eigenvalue weighted by molar-refractivity contribution is -0.162. The molecule has 4 nitrogen and oxygen atoms in total. The molecule has 0 aromatic carbocycles. The third-order valence-corrected chi connectivity index (χ3v) is 5.36. The number of carbonyl (C=O) groups is 2. The minimum absolute atomic E-state index is 0.0223. The first-order chi connectivity index (χ1) is 12.8. The van der Waals surface area contributed by atoms with E-state index >= 15 is 0 Å². The number of unbranched alkanes of at least 4 members (excludes halogenated alkanes) is 2. The Balaban J connectivity index is 4.70. The first-order valence-corrected chi connectivity index (χ1v) is 11.2. The molecule has 0 rings (SSSR count). The second-order valence-corrected chi connectivity index (χ2v) is 8.20. The van der Waals surface area contributed by atoms with Crippen LogP contribution < -0.4 is 0 Å². The predicted octanol–water partition coefficient (Wildman–Crippen LogP) is 6.31. The highest BCUT2D eigenvalue weighted by Crippen LogP contribution is 2.22. The SMILES string of the molecule is CCCC[C@H](CC)C(=O)O[C@@H](C[C@H](C)OC(=O)[C@H](CC)CCCC)C(C)C. The molecule has 0 saturated carbocycles. The normalized spacial score (nSPS) is 15.9. The smallest absolute Gasteiger partial charge is 0.309 e. The van der Waals surface area contributed by atoms with E-state index in [4.69, 9.17) is 9.47 Å². The largest absolute Gasteiger partial charge is 0.462 e. The quantitative estimate of drug-likeness (QED) is 0.310. The third-order valence-electron chi connectivity index (χ3n) is 5.36. The number of rotatable bonds is 15. The topological polar surface area (TPSA) is 52.6 Å². The summed E-state index contributed by atoms with van der Waals surface area (Å²) in [6.45, 7) is 14.3. The Kier molecular flexibility index (Phi) is 14.3. The molecule has 0 amide bonds. The fourth-order valence-corrected chi connectivity index (χ4v) is 3.25. The number of carbonyl (C=O) groups excluding carboxylic acids is 2. The van der Waals surface area contributed by atoms with Gasteiger partial charge in [-0.3, -0.25) is 9.59 Å². The number of hydrogen-bond acceptors (Lipinski definition) is 4. The fourth-order valence-electron chi connectivity index (χ4n) is 3.25. The lowest BCUT2D eigenvalue weighted by Crippen LogP contribution is -2.32. The van der Waals surface area contributed by atoms with E-state index in [2.05, 4.69) is 27.7 Å². The molecule has 0 spiro atoms. The maximum absolute atomic E-state index is 12.5.